The summed E-state index contributed by atoms with van der Waals surface area (Å²) in [5, 5.41) is 5.78. The Balaban J connectivity index is 2.06. The quantitative estimate of drug-likeness (QED) is 0.831. The number of carbonyl (C=O) groups is 2. The molecule has 0 spiro atoms. The number of amides is 2. The lowest BCUT2D eigenvalue weighted by Crippen LogP contribution is -2.35. The number of benzene rings is 1. The first-order valence-electron chi connectivity index (χ1n) is 6.41. The van der Waals surface area contributed by atoms with Gasteiger partial charge in [0.05, 0.1) is 11.3 Å². The molecule has 2 N–H and O–H groups in total. The van der Waals surface area contributed by atoms with Crippen molar-refractivity contribution in [2.45, 2.75) is 12.8 Å². The molecule has 6 heteroatoms. The van der Waals surface area contributed by atoms with Crippen LogP contribution in [0, 0.1) is 5.92 Å². The number of anilines is 1. The highest BCUT2D eigenvalue weighted by atomic mass is 32.1. The molecule has 1 saturated carbocycles. The first-order valence-corrected chi connectivity index (χ1v) is 6.82. The highest BCUT2D eigenvalue weighted by molar-refractivity contribution is 7.80. The lowest BCUT2D eigenvalue weighted by atomic mass is 10.1. The third-order valence-corrected chi connectivity index (χ3v) is 3.20. The number of rotatable bonds is 3. The third-order valence-electron chi connectivity index (χ3n) is 3.00. The predicted octanol–water partition coefficient (Wildman–Crippen LogP) is 1.61. The van der Waals surface area contributed by atoms with E-state index in [9.17, 15) is 9.59 Å². The largest absolute Gasteiger partial charge is 0.345 e. The molecule has 0 heterocycles. The molecule has 1 aliphatic rings. The molecule has 2 amide bonds. The standard InChI is InChI=1S/C14H17N3O2S/c1-17(2)13(19)10-5-3-4-6-11(10)15-14(20)16-12(18)9-7-8-9/h3-6,9H,7-8H2,1-2H3,(H2,15,16,18,20). The molecule has 20 heavy (non-hydrogen) atoms. The van der Waals surface area contributed by atoms with Crippen molar-refractivity contribution in [3.05, 3.63) is 29.8 Å². The van der Waals surface area contributed by atoms with Crippen molar-refractivity contribution < 1.29 is 9.59 Å². The van der Waals surface area contributed by atoms with Gasteiger partial charge in [0.25, 0.3) is 5.91 Å². The van der Waals surface area contributed by atoms with E-state index in [4.69, 9.17) is 12.2 Å². The Morgan fingerprint density at radius 2 is 1.90 bits per heavy atom. The van der Waals surface area contributed by atoms with Crippen LogP contribution in [0.2, 0.25) is 0 Å². The van der Waals surface area contributed by atoms with Crippen molar-refractivity contribution in [2.75, 3.05) is 19.4 Å². The molecule has 0 aromatic heterocycles. The maximum Gasteiger partial charge on any atom is 0.255 e. The van der Waals surface area contributed by atoms with Gasteiger partial charge in [-0.15, -0.1) is 0 Å². The zero-order chi connectivity index (χ0) is 14.7. The number of hydrogen-bond donors (Lipinski definition) is 2. The fraction of sp³-hybridized carbons (Fsp3) is 0.357. The minimum atomic E-state index is -0.121. The minimum Gasteiger partial charge on any atom is -0.345 e. The molecule has 1 aromatic carbocycles. The van der Waals surface area contributed by atoms with Gasteiger partial charge >= 0.3 is 0 Å². The third kappa shape index (κ3) is 3.54. The van der Waals surface area contributed by atoms with E-state index in [0.717, 1.165) is 12.8 Å². The number of carbonyl (C=O) groups excluding carboxylic acids is 2. The normalized spacial score (nSPS) is 13.5. The monoisotopic (exact) mass is 291 g/mol. The molecule has 2 rings (SSSR count). The second-order valence-electron chi connectivity index (χ2n) is 4.96. The van der Waals surface area contributed by atoms with E-state index in [1.807, 2.05) is 0 Å². The summed E-state index contributed by atoms with van der Waals surface area (Å²) in [6.07, 6.45) is 1.84. The first-order chi connectivity index (χ1) is 9.49. The van der Waals surface area contributed by atoms with Gasteiger partial charge in [0.15, 0.2) is 5.11 Å². The molecule has 0 aliphatic heterocycles. The van der Waals surface area contributed by atoms with Crippen molar-refractivity contribution in [3.8, 4) is 0 Å². The summed E-state index contributed by atoms with van der Waals surface area (Å²) in [5.41, 5.74) is 1.10. The molecular weight excluding hydrogens is 274 g/mol. The molecule has 1 aromatic rings. The molecule has 0 atom stereocenters. The molecule has 0 bridgehead atoms. The molecule has 106 valence electrons. The van der Waals surface area contributed by atoms with Crippen LogP contribution in [0.3, 0.4) is 0 Å². The summed E-state index contributed by atoms with van der Waals surface area (Å²) in [5.74, 6) is -0.0864. The van der Waals surface area contributed by atoms with E-state index in [2.05, 4.69) is 10.6 Å². The van der Waals surface area contributed by atoms with Crippen LogP contribution in [-0.2, 0) is 4.79 Å². The second kappa shape index (κ2) is 6.00. The Morgan fingerprint density at radius 1 is 1.25 bits per heavy atom. The van der Waals surface area contributed by atoms with Gasteiger partial charge in [-0.05, 0) is 37.2 Å². The summed E-state index contributed by atoms with van der Waals surface area (Å²) in [6, 6.07) is 7.07. The summed E-state index contributed by atoms with van der Waals surface area (Å²) < 4.78 is 0. The number of nitrogens with zero attached hydrogens (tertiary/aromatic N) is 1. The Morgan fingerprint density at radius 3 is 2.50 bits per heavy atom. The van der Waals surface area contributed by atoms with E-state index in [0.29, 0.717) is 11.3 Å². The van der Waals surface area contributed by atoms with Gasteiger partial charge < -0.3 is 15.5 Å². The topological polar surface area (TPSA) is 61.4 Å². The van der Waals surface area contributed by atoms with Crippen LogP contribution in [0.4, 0.5) is 5.69 Å². The number of hydrogen-bond acceptors (Lipinski definition) is 3. The lowest BCUT2D eigenvalue weighted by Gasteiger charge is -2.16. The molecule has 1 aliphatic carbocycles. The Hall–Kier alpha value is -1.95. The number of nitrogens with one attached hydrogen (secondary N) is 2. The molecule has 1 fully saturated rings. The van der Waals surface area contributed by atoms with Crippen LogP contribution in [-0.4, -0.2) is 35.9 Å². The van der Waals surface area contributed by atoms with Crippen LogP contribution >= 0.6 is 12.2 Å². The van der Waals surface area contributed by atoms with Gasteiger partial charge in [0, 0.05) is 20.0 Å². The van der Waals surface area contributed by atoms with Crippen LogP contribution in [0.5, 0.6) is 0 Å². The van der Waals surface area contributed by atoms with Crippen molar-refractivity contribution in [1.29, 1.82) is 0 Å². The van der Waals surface area contributed by atoms with Gasteiger partial charge in [0.2, 0.25) is 5.91 Å². The lowest BCUT2D eigenvalue weighted by molar-refractivity contribution is -0.120. The zero-order valence-corrected chi connectivity index (χ0v) is 12.3. The summed E-state index contributed by atoms with van der Waals surface area (Å²) in [4.78, 5) is 25.2. The second-order valence-corrected chi connectivity index (χ2v) is 5.37. The smallest absolute Gasteiger partial charge is 0.255 e. The van der Waals surface area contributed by atoms with Crippen LogP contribution in [0.1, 0.15) is 23.2 Å². The van der Waals surface area contributed by atoms with E-state index >= 15 is 0 Å². The van der Waals surface area contributed by atoms with E-state index < -0.39 is 0 Å². The van der Waals surface area contributed by atoms with Crippen molar-refractivity contribution in [1.82, 2.24) is 10.2 Å². The molecule has 0 saturated heterocycles. The summed E-state index contributed by atoms with van der Waals surface area (Å²) in [7, 11) is 3.37. The van der Waals surface area contributed by atoms with Crippen LogP contribution in [0.25, 0.3) is 0 Å². The fourth-order valence-corrected chi connectivity index (χ4v) is 1.94. The maximum atomic E-state index is 12.0. The zero-order valence-electron chi connectivity index (χ0n) is 11.5. The highest BCUT2D eigenvalue weighted by Crippen LogP contribution is 2.28. The van der Waals surface area contributed by atoms with Crippen molar-refractivity contribution >= 4 is 34.8 Å². The van der Waals surface area contributed by atoms with Crippen molar-refractivity contribution in [2.24, 2.45) is 5.92 Å². The predicted molar refractivity (Wildman–Crippen MR) is 81.5 cm³/mol. The van der Waals surface area contributed by atoms with E-state index in [1.165, 1.54) is 4.90 Å². The molecule has 0 radical (unpaired) electrons. The number of thiocarbonyl (C=S) groups is 1. The molecule has 0 unspecified atom stereocenters. The Labute approximate surface area is 123 Å². The minimum absolute atomic E-state index is 0.0566. The Bertz CT molecular complexity index is 553. The first kappa shape index (κ1) is 14.5. The van der Waals surface area contributed by atoms with Gasteiger partial charge in [-0.1, -0.05) is 12.1 Å². The van der Waals surface area contributed by atoms with E-state index in [-0.39, 0.29) is 22.8 Å². The van der Waals surface area contributed by atoms with Gasteiger partial charge in [-0.2, -0.15) is 0 Å². The fourth-order valence-electron chi connectivity index (χ4n) is 1.73. The summed E-state index contributed by atoms with van der Waals surface area (Å²) >= 11 is 5.10. The SMILES string of the molecule is CN(C)C(=O)c1ccccc1NC(=S)NC(=O)C1CC1. The average Bonchev–Trinajstić information content (AvgIpc) is 3.22. The van der Waals surface area contributed by atoms with Crippen LogP contribution < -0.4 is 10.6 Å². The maximum absolute atomic E-state index is 12.0. The van der Waals surface area contributed by atoms with Gasteiger partial charge in [-0.3, -0.25) is 9.59 Å². The van der Waals surface area contributed by atoms with Crippen molar-refractivity contribution in [3.63, 3.8) is 0 Å². The van der Waals surface area contributed by atoms with Crippen LogP contribution in [0.15, 0.2) is 24.3 Å². The summed E-state index contributed by atoms with van der Waals surface area (Å²) in [6.45, 7) is 0. The Kier molecular flexibility index (Phi) is 4.34. The van der Waals surface area contributed by atoms with E-state index in [1.54, 1.807) is 38.4 Å². The molecule has 5 nitrogen and oxygen atoms in total. The molecular formula is C14H17N3O2S. The highest BCUT2D eigenvalue weighted by Gasteiger charge is 2.30. The van der Waals surface area contributed by atoms with Gasteiger partial charge in [0.1, 0.15) is 0 Å². The van der Waals surface area contributed by atoms with Gasteiger partial charge in [-0.25, -0.2) is 0 Å². The number of para-hydroxylation sites is 1. The average molecular weight is 291 g/mol.